The molecule has 0 fully saturated rings. The molecule has 70 valence electrons. The van der Waals surface area contributed by atoms with Crippen molar-refractivity contribution in [1.29, 1.82) is 0 Å². The van der Waals surface area contributed by atoms with Gasteiger partial charge in [0.25, 0.3) is 0 Å². The zero-order chi connectivity index (χ0) is 9.84. The van der Waals surface area contributed by atoms with Crippen molar-refractivity contribution in [3.8, 4) is 0 Å². The maximum absolute atomic E-state index is 10.6. The molecule has 6 nitrogen and oxygen atoms in total. The standard InChI is InChI=1S/C7H9N3O3/c1-10-3-2-8-5(10)4-9-6(11)7(12)13/h2-3H,4H2,1H3,(H,9,11)(H,12,13). The number of amides is 1. The van der Waals surface area contributed by atoms with Gasteiger partial charge in [0, 0.05) is 19.4 Å². The molecule has 0 aromatic carbocycles. The van der Waals surface area contributed by atoms with Crippen LogP contribution in [-0.4, -0.2) is 26.5 Å². The minimum Gasteiger partial charge on any atom is -0.474 e. The molecule has 0 aliphatic carbocycles. The van der Waals surface area contributed by atoms with Crippen LogP contribution >= 0.6 is 0 Å². The van der Waals surface area contributed by atoms with Gasteiger partial charge in [-0.3, -0.25) is 4.79 Å². The molecular weight excluding hydrogens is 174 g/mol. The predicted octanol–water partition coefficient (Wildman–Crippen LogP) is -0.879. The lowest BCUT2D eigenvalue weighted by atomic mass is 10.5. The van der Waals surface area contributed by atoms with Crippen molar-refractivity contribution in [3.05, 3.63) is 18.2 Å². The largest absolute Gasteiger partial charge is 0.474 e. The molecule has 0 bridgehead atoms. The Hall–Kier alpha value is -1.85. The number of aliphatic carboxylic acids is 1. The number of nitrogens with zero attached hydrogens (tertiary/aromatic N) is 2. The first kappa shape index (κ1) is 9.24. The predicted molar refractivity (Wildman–Crippen MR) is 42.7 cm³/mol. The highest BCUT2D eigenvalue weighted by Gasteiger charge is 2.10. The second-order valence-electron chi connectivity index (χ2n) is 2.44. The molecule has 0 radical (unpaired) electrons. The van der Waals surface area contributed by atoms with E-state index in [4.69, 9.17) is 5.11 Å². The molecule has 0 atom stereocenters. The van der Waals surface area contributed by atoms with Crippen LogP contribution in [0.4, 0.5) is 0 Å². The number of carbonyl (C=O) groups is 2. The van der Waals surface area contributed by atoms with E-state index in [2.05, 4.69) is 10.3 Å². The van der Waals surface area contributed by atoms with Crippen LogP contribution in [0.1, 0.15) is 5.82 Å². The van der Waals surface area contributed by atoms with E-state index in [0.29, 0.717) is 5.82 Å². The summed E-state index contributed by atoms with van der Waals surface area (Å²) in [5.74, 6) is -1.91. The number of carboxylic acids is 1. The normalized spacial score (nSPS) is 9.62. The van der Waals surface area contributed by atoms with Crippen LogP contribution in [-0.2, 0) is 23.2 Å². The molecule has 0 spiro atoms. The number of carbonyl (C=O) groups excluding carboxylic acids is 1. The Morgan fingerprint density at radius 1 is 1.69 bits per heavy atom. The molecule has 1 aromatic rings. The minimum absolute atomic E-state index is 0.120. The Labute approximate surface area is 74.2 Å². The summed E-state index contributed by atoms with van der Waals surface area (Å²) in [5.41, 5.74) is 0. The molecule has 1 aromatic heterocycles. The minimum atomic E-state index is -1.49. The highest BCUT2D eigenvalue weighted by atomic mass is 16.4. The van der Waals surface area contributed by atoms with Crippen molar-refractivity contribution in [2.75, 3.05) is 0 Å². The van der Waals surface area contributed by atoms with E-state index in [0.717, 1.165) is 0 Å². The van der Waals surface area contributed by atoms with Gasteiger partial charge in [-0.25, -0.2) is 9.78 Å². The highest BCUT2D eigenvalue weighted by molar-refractivity contribution is 6.31. The van der Waals surface area contributed by atoms with Gasteiger partial charge in [-0.1, -0.05) is 0 Å². The van der Waals surface area contributed by atoms with Gasteiger partial charge >= 0.3 is 11.9 Å². The van der Waals surface area contributed by atoms with Gasteiger partial charge in [0.05, 0.1) is 6.54 Å². The summed E-state index contributed by atoms with van der Waals surface area (Å²) in [5, 5.41) is 10.4. The summed E-state index contributed by atoms with van der Waals surface area (Å²) in [6, 6.07) is 0. The highest BCUT2D eigenvalue weighted by Crippen LogP contribution is 1.92. The van der Waals surface area contributed by atoms with Crippen LogP contribution in [0, 0.1) is 0 Å². The van der Waals surface area contributed by atoms with Crippen LogP contribution in [0.2, 0.25) is 0 Å². The maximum Gasteiger partial charge on any atom is 0.394 e. The topological polar surface area (TPSA) is 84.2 Å². The Bertz CT molecular complexity index is 331. The molecule has 0 unspecified atom stereocenters. The zero-order valence-corrected chi connectivity index (χ0v) is 7.02. The van der Waals surface area contributed by atoms with Crippen molar-refractivity contribution in [3.63, 3.8) is 0 Å². The quantitative estimate of drug-likeness (QED) is 0.583. The second-order valence-corrected chi connectivity index (χ2v) is 2.44. The summed E-state index contributed by atoms with van der Waals surface area (Å²) in [6.45, 7) is 0.120. The van der Waals surface area contributed by atoms with E-state index in [-0.39, 0.29) is 6.54 Å². The van der Waals surface area contributed by atoms with E-state index >= 15 is 0 Å². The van der Waals surface area contributed by atoms with E-state index in [1.807, 2.05) is 0 Å². The summed E-state index contributed by atoms with van der Waals surface area (Å²) in [6.07, 6.45) is 3.28. The number of hydrogen-bond acceptors (Lipinski definition) is 3. The molecule has 0 aliphatic rings. The van der Waals surface area contributed by atoms with E-state index < -0.39 is 11.9 Å². The van der Waals surface area contributed by atoms with E-state index in [9.17, 15) is 9.59 Å². The van der Waals surface area contributed by atoms with Gasteiger partial charge < -0.3 is 15.0 Å². The third-order valence-corrected chi connectivity index (χ3v) is 1.52. The Kier molecular flexibility index (Phi) is 2.63. The Balaban J connectivity index is 2.48. The smallest absolute Gasteiger partial charge is 0.394 e. The maximum atomic E-state index is 10.6. The van der Waals surface area contributed by atoms with Crippen molar-refractivity contribution in [1.82, 2.24) is 14.9 Å². The van der Waals surface area contributed by atoms with Crippen molar-refractivity contribution in [2.45, 2.75) is 6.54 Å². The van der Waals surface area contributed by atoms with Gasteiger partial charge in [0.15, 0.2) is 0 Å². The SMILES string of the molecule is Cn1ccnc1CNC(=O)C(=O)O. The van der Waals surface area contributed by atoms with Gasteiger partial charge in [-0.15, -0.1) is 0 Å². The molecular formula is C7H9N3O3. The number of rotatable bonds is 2. The van der Waals surface area contributed by atoms with Crippen molar-refractivity contribution < 1.29 is 14.7 Å². The molecule has 13 heavy (non-hydrogen) atoms. The summed E-state index contributed by atoms with van der Waals surface area (Å²) in [4.78, 5) is 24.6. The Morgan fingerprint density at radius 3 is 2.85 bits per heavy atom. The van der Waals surface area contributed by atoms with Crippen LogP contribution in [0.15, 0.2) is 12.4 Å². The van der Waals surface area contributed by atoms with Crippen molar-refractivity contribution in [2.24, 2.45) is 7.05 Å². The molecule has 1 amide bonds. The molecule has 0 saturated heterocycles. The molecule has 0 aliphatic heterocycles. The molecule has 1 rings (SSSR count). The van der Waals surface area contributed by atoms with Gasteiger partial charge in [0.1, 0.15) is 5.82 Å². The third kappa shape index (κ3) is 2.29. The fraction of sp³-hybridized carbons (Fsp3) is 0.286. The third-order valence-electron chi connectivity index (χ3n) is 1.52. The van der Waals surface area contributed by atoms with Gasteiger partial charge in [0.2, 0.25) is 0 Å². The molecule has 2 N–H and O–H groups in total. The average molecular weight is 183 g/mol. The van der Waals surface area contributed by atoms with Crippen LogP contribution < -0.4 is 5.32 Å². The number of aryl methyl sites for hydroxylation is 1. The lowest BCUT2D eigenvalue weighted by Gasteiger charge is -2.01. The Morgan fingerprint density at radius 2 is 2.38 bits per heavy atom. The van der Waals surface area contributed by atoms with Gasteiger partial charge in [-0.2, -0.15) is 0 Å². The first-order chi connectivity index (χ1) is 6.11. The van der Waals surface area contributed by atoms with Crippen LogP contribution in [0.3, 0.4) is 0 Å². The fourth-order valence-corrected chi connectivity index (χ4v) is 0.802. The lowest BCUT2D eigenvalue weighted by Crippen LogP contribution is -2.30. The van der Waals surface area contributed by atoms with E-state index in [1.165, 1.54) is 0 Å². The number of imidazole rings is 1. The second kappa shape index (κ2) is 3.70. The van der Waals surface area contributed by atoms with E-state index in [1.54, 1.807) is 24.0 Å². The zero-order valence-electron chi connectivity index (χ0n) is 7.02. The van der Waals surface area contributed by atoms with Crippen LogP contribution in [0.25, 0.3) is 0 Å². The summed E-state index contributed by atoms with van der Waals surface area (Å²) < 4.78 is 1.70. The van der Waals surface area contributed by atoms with Crippen molar-refractivity contribution >= 4 is 11.9 Å². The fourth-order valence-electron chi connectivity index (χ4n) is 0.802. The number of aromatic nitrogens is 2. The lowest BCUT2D eigenvalue weighted by molar-refractivity contribution is -0.150. The molecule has 0 saturated carbocycles. The molecule has 6 heteroatoms. The summed E-state index contributed by atoms with van der Waals surface area (Å²) >= 11 is 0. The summed E-state index contributed by atoms with van der Waals surface area (Å²) in [7, 11) is 1.76. The van der Waals surface area contributed by atoms with Gasteiger partial charge in [-0.05, 0) is 0 Å². The number of nitrogens with one attached hydrogen (secondary N) is 1. The van der Waals surface area contributed by atoms with Crippen LogP contribution in [0.5, 0.6) is 0 Å². The first-order valence-corrected chi connectivity index (χ1v) is 3.58. The average Bonchev–Trinajstić information content (AvgIpc) is 2.47. The first-order valence-electron chi connectivity index (χ1n) is 3.58. The number of hydrogen-bond donors (Lipinski definition) is 2. The molecule has 1 heterocycles. The number of carboxylic acid groups (broad SMARTS) is 1. The monoisotopic (exact) mass is 183 g/mol.